The van der Waals surface area contributed by atoms with E-state index in [9.17, 15) is 13.2 Å². The Balaban J connectivity index is 1.93. The molecule has 0 saturated carbocycles. The Kier molecular flexibility index (Phi) is 9.27. The molecule has 0 aliphatic carbocycles. The van der Waals surface area contributed by atoms with Gasteiger partial charge in [-0.3, -0.25) is 4.99 Å². The minimum absolute atomic E-state index is 0.171. The predicted octanol–water partition coefficient (Wildman–Crippen LogP) is 4.23. The highest BCUT2D eigenvalue weighted by molar-refractivity contribution is 5.93. The van der Waals surface area contributed by atoms with Gasteiger partial charge in [-0.05, 0) is 18.2 Å². The van der Waals surface area contributed by atoms with E-state index >= 15 is 0 Å². The second-order valence-corrected chi connectivity index (χ2v) is 6.28. The second-order valence-electron chi connectivity index (χ2n) is 6.28. The third kappa shape index (κ3) is 8.60. The van der Waals surface area contributed by atoms with Gasteiger partial charge < -0.3 is 24.8 Å². The van der Waals surface area contributed by atoms with Crippen molar-refractivity contribution in [3.8, 4) is 11.5 Å². The molecule has 2 rings (SSSR count). The van der Waals surface area contributed by atoms with Crippen LogP contribution in [0.5, 0.6) is 11.5 Å². The van der Waals surface area contributed by atoms with Crippen LogP contribution in [0.1, 0.15) is 12.0 Å². The van der Waals surface area contributed by atoms with Crippen LogP contribution in [0.2, 0.25) is 0 Å². The molecule has 0 spiro atoms. The molecule has 164 valence electrons. The largest absolute Gasteiger partial charge is 0.493 e. The number of rotatable bonds is 10. The van der Waals surface area contributed by atoms with Crippen molar-refractivity contribution in [2.45, 2.75) is 19.1 Å². The Labute approximate surface area is 174 Å². The van der Waals surface area contributed by atoms with Crippen LogP contribution in [-0.4, -0.2) is 46.1 Å². The molecule has 9 heteroatoms. The Morgan fingerprint density at radius 1 is 1.03 bits per heavy atom. The highest BCUT2D eigenvalue weighted by atomic mass is 19.4. The molecule has 0 fully saturated rings. The SMILES string of the molecule is CN=C(NCc1ccccc1OCC(F)(F)F)Nc1cccc(OCCCOC)c1. The summed E-state index contributed by atoms with van der Waals surface area (Å²) >= 11 is 0. The van der Waals surface area contributed by atoms with Gasteiger partial charge in [0.25, 0.3) is 0 Å². The highest BCUT2D eigenvalue weighted by Gasteiger charge is 2.28. The topological polar surface area (TPSA) is 64.1 Å². The van der Waals surface area contributed by atoms with E-state index in [-0.39, 0.29) is 12.3 Å². The number of ether oxygens (including phenoxy) is 3. The van der Waals surface area contributed by atoms with Crippen molar-refractivity contribution in [2.75, 3.05) is 39.3 Å². The van der Waals surface area contributed by atoms with E-state index in [0.29, 0.717) is 30.5 Å². The molecule has 0 atom stereocenters. The molecule has 0 saturated heterocycles. The van der Waals surface area contributed by atoms with Gasteiger partial charge in [0, 0.05) is 51.0 Å². The summed E-state index contributed by atoms with van der Waals surface area (Å²) in [6.45, 7) is 0.0662. The van der Waals surface area contributed by atoms with Crippen molar-refractivity contribution in [2.24, 2.45) is 4.99 Å². The molecule has 30 heavy (non-hydrogen) atoms. The molecule has 6 nitrogen and oxygen atoms in total. The van der Waals surface area contributed by atoms with Gasteiger partial charge in [0.15, 0.2) is 12.6 Å². The van der Waals surface area contributed by atoms with Gasteiger partial charge in [0.05, 0.1) is 6.61 Å². The minimum Gasteiger partial charge on any atom is -0.493 e. The molecule has 0 amide bonds. The van der Waals surface area contributed by atoms with E-state index < -0.39 is 12.8 Å². The maximum absolute atomic E-state index is 12.4. The molecule has 0 bridgehead atoms. The number of anilines is 1. The van der Waals surface area contributed by atoms with E-state index in [2.05, 4.69) is 15.6 Å². The molecule has 2 aromatic rings. The average Bonchev–Trinajstić information content (AvgIpc) is 2.73. The molecule has 0 radical (unpaired) electrons. The zero-order chi connectivity index (χ0) is 21.8. The molecule has 2 N–H and O–H groups in total. The number of guanidine groups is 1. The normalized spacial score (nSPS) is 11.8. The molecule has 0 aromatic heterocycles. The summed E-state index contributed by atoms with van der Waals surface area (Å²) in [7, 11) is 3.25. The summed E-state index contributed by atoms with van der Waals surface area (Å²) in [5.41, 5.74) is 1.34. The van der Waals surface area contributed by atoms with Crippen LogP contribution in [0, 0.1) is 0 Å². The Morgan fingerprint density at radius 2 is 1.83 bits per heavy atom. The number of hydrogen-bond acceptors (Lipinski definition) is 4. The molecule has 2 aromatic carbocycles. The minimum atomic E-state index is -4.39. The summed E-state index contributed by atoms with van der Waals surface area (Å²) in [5, 5.41) is 6.20. The number of aliphatic imine (C=N–C) groups is 1. The summed E-state index contributed by atoms with van der Waals surface area (Å²) in [4.78, 5) is 4.15. The molecule has 0 heterocycles. The van der Waals surface area contributed by atoms with Crippen LogP contribution in [0.4, 0.5) is 18.9 Å². The highest BCUT2D eigenvalue weighted by Crippen LogP contribution is 2.22. The first-order valence-electron chi connectivity index (χ1n) is 9.38. The Bertz CT molecular complexity index is 813. The van der Waals surface area contributed by atoms with Crippen LogP contribution in [0.15, 0.2) is 53.5 Å². The molecular weight excluding hydrogens is 399 g/mol. The summed E-state index contributed by atoms with van der Waals surface area (Å²) in [6.07, 6.45) is -3.61. The number of nitrogens with one attached hydrogen (secondary N) is 2. The van der Waals surface area contributed by atoms with Crippen molar-refractivity contribution in [1.29, 1.82) is 0 Å². The lowest BCUT2D eigenvalue weighted by Gasteiger charge is -2.16. The fourth-order valence-corrected chi connectivity index (χ4v) is 2.50. The van der Waals surface area contributed by atoms with E-state index in [0.717, 1.165) is 12.1 Å². The standard InChI is InChI=1S/C21H26F3N3O3/c1-25-20(27-17-8-5-9-18(13-17)29-12-6-11-28-2)26-14-16-7-3-4-10-19(16)30-15-21(22,23)24/h3-5,7-10,13H,6,11-12,14-15H2,1-2H3,(H2,25,26,27). The molecule has 0 aliphatic heterocycles. The maximum atomic E-state index is 12.4. The summed E-state index contributed by atoms with van der Waals surface area (Å²) in [6, 6.07) is 13.9. The number of hydrogen-bond donors (Lipinski definition) is 2. The molecular formula is C21H26F3N3O3. The fourth-order valence-electron chi connectivity index (χ4n) is 2.50. The maximum Gasteiger partial charge on any atom is 0.422 e. The summed E-state index contributed by atoms with van der Waals surface area (Å²) in [5.74, 6) is 1.33. The van der Waals surface area contributed by atoms with Gasteiger partial charge in [-0.1, -0.05) is 24.3 Å². The van der Waals surface area contributed by atoms with Crippen molar-refractivity contribution in [3.63, 3.8) is 0 Å². The Morgan fingerprint density at radius 3 is 2.57 bits per heavy atom. The first-order valence-corrected chi connectivity index (χ1v) is 9.38. The third-order valence-electron chi connectivity index (χ3n) is 3.89. The van der Waals surface area contributed by atoms with E-state index in [1.807, 2.05) is 24.3 Å². The number of methoxy groups -OCH3 is 1. The summed E-state index contributed by atoms with van der Waals surface area (Å²) < 4.78 is 52.9. The lowest BCUT2D eigenvalue weighted by molar-refractivity contribution is -0.153. The third-order valence-corrected chi connectivity index (χ3v) is 3.89. The van der Waals surface area contributed by atoms with Crippen LogP contribution in [0.25, 0.3) is 0 Å². The van der Waals surface area contributed by atoms with Gasteiger partial charge in [-0.15, -0.1) is 0 Å². The monoisotopic (exact) mass is 425 g/mol. The van der Waals surface area contributed by atoms with Gasteiger partial charge in [0.2, 0.25) is 0 Å². The predicted molar refractivity (Wildman–Crippen MR) is 110 cm³/mol. The molecule has 0 unspecified atom stereocenters. The zero-order valence-corrected chi connectivity index (χ0v) is 17.0. The fraction of sp³-hybridized carbons (Fsp3) is 0.381. The lowest BCUT2D eigenvalue weighted by Crippen LogP contribution is -2.30. The van der Waals surface area contributed by atoms with E-state index in [4.69, 9.17) is 14.2 Å². The molecule has 0 aliphatic rings. The Hall–Kier alpha value is -2.94. The van der Waals surface area contributed by atoms with Crippen molar-refractivity contribution in [3.05, 3.63) is 54.1 Å². The van der Waals surface area contributed by atoms with Gasteiger partial charge in [-0.25, -0.2) is 0 Å². The van der Waals surface area contributed by atoms with Crippen LogP contribution in [0.3, 0.4) is 0 Å². The lowest BCUT2D eigenvalue weighted by atomic mass is 10.2. The van der Waals surface area contributed by atoms with Gasteiger partial charge in [-0.2, -0.15) is 13.2 Å². The first-order chi connectivity index (χ1) is 14.4. The van der Waals surface area contributed by atoms with Gasteiger partial charge >= 0.3 is 6.18 Å². The zero-order valence-electron chi connectivity index (χ0n) is 17.0. The van der Waals surface area contributed by atoms with Crippen molar-refractivity contribution < 1.29 is 27.4 Å². The van der Waals surface area contributed by atoms with Crippen LogP contribution < -0.4 is 20.1 Å². The number of para-hydroxylation sites is 1. The average molecular weight is 425 g/mol. The number of alkyl halides is 3. The van der Waals surface area contributed by atoms with Crippen molar-refractivity contribution >= 4 is 11.6 Å². The second kappa shape index (κ2) is 11.9. The quantitative estimate of drug-likeness (QED) is 0.339. The van der Waals surface area contributed by atoms with Crippen LogP contribution >= 0.6 is 0 Å². The van der Waals surface area contributed by atoms with Crippen LogP contribution in [-0.2, 0) is 11.3 Å². The van der Waals surface area contributed by atoms with E-state index in [1.54, 1.807) is 32.4 Å². The van der Waals surface area contributed by atoms with Crippen molar-refractivity contribution in [1.82, 2.24) is 5.32 Å². The number of benzene rings is 2. The number of nitrogens with zero attached hydrogens (tertiary/aromatic N) is 1. The first kappa shape index (κ1) is 23.3. The smallest absolute Gasteiger partial charge is 0.422 e. The van der Waals surface area contributed by atoms with E-state index in [1.165, 1.54) is 6.07 Å². The number of halogens is 3. The van der Waals surface area contributed by atoms with Gasteiger partial charge in [0.1, 0.15) is 11.5 Å².